The number of hydrogen-bond donors (Lipinski definition) is 1. The Hall–Kier alpha value is -3.54. The van der Waals surface area contributed by atoms with Crippen molar-refractivity contribution >= 4 is 16.9 Å². The zero-order valence-corrected chi connectivity index (χ0v) is 15.6. The zero-order chi connectivity index (χ0) is 20.0. The van der Waals surface area contributed by atoms with E-state index in [0.29, 0.717) is 16.5 Å². The summed E-state index contributed by atoms with van der Waals surface area (Å²) in [5.41, 5.74) is 2.00. The highest BCUT2D eigenvalue weighted by atomic mass is 16.5. The third-order valence-electron chi connectivity index (χ3n) is 4.97. The second kappa shape index (κ2) is 6.56. The van der Waals surface area contributed by atoms with Crippen LogP contribution in [0.5, 0.6) is 11.5 Å². The molecule has 0 saturated carbocycles. The topological polar surface area (TPSA) is 80.0 Å². The summed E-state index contributed by atoms with van der Waals surface area (Å²) < 4.78 is 11.1. The van der Waals surface area contributed by atoms with Gasteiger partial charge in [-0.25, -0.2) is 0 Å². The van der Waals surface area contributed by atoms with Gasteiger partial charge in [0.15, 0.2) is 16.9 Å². The summed E-state index contributed by atoms with van der Waals surface area (Å²) in [4.78, 5) is 27.9. The van der Waals surface area contributed by atoms with E-state index in [-0.39, 0.29) is 40.7 Å². The summed E-state index contributed by atoms with van der Waals surface area (Å²) in [6.07, 6.45) is 1.60. The molecule has 0 aliphatic carbocycles. The van der Waals surface area contributed by atoms with Crippen LogP contribution in [0.25, 0.3) is 11.0 Å². The smallest absolute Gasteiger partial charge is 0.291 e. The van der Waals surface area contributed by atoms with Gasteiger partial charge in [-0.15, -0.1) is 6.58 Å². The lowest BCUT2D eigenvalue weighted by Crippen LogP contribution is -2.29. The van der Waals surface area contributed by atoms with Crippen LogP contribution >= 0.6 is 0 Å². The van der Waals surface area contributed by atoms with E-state index in [0.717, 1.165) is 5.56 Å². The van der Waals surface area contributed by atoms with Gasteiger partial charge in [-0.2, -0.15) is 0 Å². The van der Waals surface area contributed by atoms with Crippen molar-refractivity contribution < 1.29 is 19.1 Å². The minimum atomic E-state index is -0.656. The van der Waals surface area contributed by atoms with Crippen LogP contribution in [-0.4, -0.2) is 29.6 Å². The number of rotatable bonds is 4. The first-order valence-electron chi connectivity index (χ1n) is 8.82. The minimum Gasteiger partial charge on any atom is -0.504 e. The van der Waals surface area contributed by atoms with E-state index in [1.165, 1.54) is 18.1 Å². The summed E-state index contributed by atoms with van der Waals surface area (Å²) in [5, 5.41) is 10.4. The van der Waals surface area contributed by atoms with Gasteiger partial charge in [0.25, 0.3) is 5.91 Å². The lowest BCUT2D eigenvalue weighted by Gasteiger charge is -2.24. The van der Waals surface area contributed by atoms with Crippen molar-refractivity contribution in [3.63, 3.8) is 0 Å². The summed E-state index contributed by atoms with van der Waals surface area (Å²) in [5.74, 6) is -0.0861. The number of aryl methyl sites for hydroxylation is 1. The molecule has 0 fully saturated rings. The number of carbonyl (C=O) groups is 1. The van der Waals surface area contributed by atoms with E-state index in [4.69, 9.17) is 9.15 Å². The van der Waals surface area contributed by atoms with Crippen LogP contribution in [0.4, 0.5) is 0 Å². The number of phenols is 1. The largest absolute Gasteiger partial charge is 0.504 e. The summed E-state index contributed by atoms with van der Waals surface area (Å²) in [6, 6.07) is 9.41. The number of aromatic hydroxyl groups is 1. The predicted octanol–water partition coefficient (Wildman–Crippen LogP) is 3.55. The van der Waals surface area contributed by atoms with Gasteiger partial charge in [0, 0.05) is 6.54 Å². The molecule has 1 aliphatic rings. The summed E-state index contributed by atoms with van der Waals surface area (Å²) >= 11 is 0. The van der Waals surface area contributed by atoms with Gasteiger partial charge in [0.05, 0.1) is 24.1 Å². The van der Waals surface area contributed by atoms with Gasteiger partial charge in [-0.05, 0) is 36.8 Å². The fourth-order valence-corrected chi connectivity index (χ4v) is 3.67. The van der Waals surface area contributed by atoms with E-state index in [1.54, 1.807) is 30.3 Å². The zero-order valence-electron chi connectivity index (χ0n) is 15.6. The van der Waals surface area contributed by atoms with Crippen molar-refractivity contribution in [3.05, 3.63) is 81.7 Å². The fourth-order valence-electron chi connectivity index (χ4n) is 3.67. The third-order valence-corrected chi connectivity index (χ3v) is 4.97. The average molecular weight is 377 g/mol. The molecule has 1 amide bonds. The van der Waals surface area contributed by atoms with Crippen LogP contribution in [0.3, 0.4) is 0 Å². The van der Waals surface area contributed by atoms with Crippen molar-refractivity contribution in [2.75, 3.05) is 13.7 Å². The molecule has 1 atom stereocenters. The second-order valence-corrected chi connectivity index (χ2v) is 6.75. The Kier molecular flexibility index (Phi) is 4.19. The lowest BCUT2D eigenvalue weighted by molar-refractivity contribution is 0.0748. The monoisotopic (exact) mass is 377 g/mol. The van der Waals surface area contributed by atoms with Crippen LogP contribution in [-0.2, 0) is 0 Å². The number of amides is 1. The summed E-state index contributed by atoms with van der Waals surface area (Å²) in [7, 11) is 1.44. The first kappa shape index (κ1) is 17.9. The molecule has 0 bridgehead atoms. The number of methoxy groups -OCH3 is 1. The second-order valence-electron chi connectivity index (χ2n) is 6.75. The maximum atomic E-state index is 13.3. The molecule has 2 heterocycles. The van der Waals surface area contributed by atoms with E-state index in [1.807, 2.05) is 13.0 Å². The van der Waals surface area contributed by atoms with Crippen molar-refractivity contribution in [1.29, 1.82) is 0 Å². The Balaban J connectivity index is 2.02. The molecule has 6 heteroatoms. The molecule has 4 rings (SSSR count). The molecule has 2 aromatic carbocycles. The van der Waals surface area contributed by atoms with Crippen LogP contribution < -0.4 is 10.2 Å². The normalized spacial score (nSPS) is 15.7. The molecule has 3 aromatic rings. The molecule has 28 heavy (non-hydrogen) atoms. The first-order chi connectivity index (χ1) is 13.5. The predicted molar refractivity (Wildman–Crippen MR) is 105 cm³/mol. The standard InChI is InChI=1S/C22H19NO5/c1-4-9-23-19(13-6-7-15(24)17(11-13)27-3)18-20(25)14-10-12(2)5-8-16(14)28-21(18)22(23)26/h4-8,10-11,19,24H,1,9H2,2-3H3/t19-/m1/s1. The van der Waals surface area contributed by atoms with Gasteiger partial charge in [0.2, 0.25) is 5.76 Å². The molecule has 0 radical (unpaired) electrons. The van der Waals surface area contributed by atoms with Gasteiger partial charge in [-0.1, -0.05) is 23.8 Å². The fraction of sp³-hybridized carbons (Fsp3) is 0.182. The molecule has 1 aromatic heterocycles. The van der Waals surface area contributed by atoms with Crippen molar-refractivity contribution in [1.82, 2.24) is 4.90 Å². The van der Waals surface area contributed by atoms with E-state index >= 15 is 0 Å². The lowest BCUT2D eigenvalue weighted by atomic mass is 9.97. The highest BCUT2D eigenvalue weighted by molar-refractivity contribution is 5.99. The Labute approximate surface area is 161 Å². The van der Waals surface area contributed by atoms with Crippen LogP contribution in [0.15, 0.2) is 58.3 Å². The van der Waals surface area contributed by atoms with E-state index in [2.05, 4.69) is 6.58 Å². The van der Waals surface area contributed by atoms with Crippen LogP contribution in [0.1, 0.15) is 33.3 Å². The van der Waals surface area contributed by atoms with Crippen molar-refractivity contribution in [2.24, 2.45) is 0 Å². The molecule has 142 valence electrons. The number of nitrogens with zero attached hydrogens (tertiary/aromatic N) is 1. The Morgan fingerprint density at radius 2 is 2.04 bits per heavy atom. The highest BCUT2D eigenvalue weighted by Gasteiger charge is 2.42. The third kappa shape index (κ3) is 2.57. The summed E-state index contributed by atoms with van der Waals surface area (Å²) in [6.45, 7) is 5.85. The molecule has 0 unspecified atom stereocenters. The van der Waals surface area contributed by atoms with Crippen molar-refractivity contribution in [3.8, 4) is 11.5 Å². The van der Waals surface area contributed by atoms with Gasteiger partial charge >= 0.3 is 0 Å². The van der Waals surface area contributed by atoms with Crippen LogP contribution in [0, 0.1) is 6.92 Å². The number of fused-ring (bicyclic) bond motifs is 2. The van der Waals surface area contributed by atoms with E-state index < -0.39 is 6.04 Å². The first-order valence-corrected chi connectivity index (χ1v) is 8.82. The number of carbonyl (C=O) groups excluding carboxylic acids is 1. The molecular formula is C22H19NO5. The molecule has 0 spiro atoms. The molecule has 1 aliphatic heterocycles. The molecule has 1 N–H and O–H groups in total. The van der Waals surface area contributed by atoms with Crippen molar-refractivity contribution in [2.45, 2.75) is 13.0 Å². The molecule has 6 nitrogen and oxygen atoms in total. The maximum Gasteiger partial charge on any atom is 0.291 e. The Morgan fingerprint density at radius 3 is 2.75 bits per heavy atom. The molecular weight excluding hydrogens is 358 g/mol. The van der Waals surface area contributed by atoms with Gasteiger partial charge in [-0.3, -0.25) is 9.59 Å². The average Bonchev–Trinajstić information content (AvgIpc) is 2.96. The van der Waals surface area contributed by atoms with Crippen LogP contribution in [0.2, 0.25) is 0 Å². The minimum absolute atomic E-state index is 0.0211. The Morgan fingerprint density at radius 1 is 1.25 bits per heavy atom. The quantitative estimate of drug-likeness (QED) is 0.704. The highest BCUT2D eigenvalue weighted by Crippen LogP contribution is 2.40. The van der Waals surface area contributed by atoms with Gasteiger partial charge < -0.3 is 19.2 Å². The molecule has 0 saturated heterocycles. The maximum absolute atomic E-state index is 13.3. The Bertz CT molecular complexity index is 1180. The number of phenolic OH excluding ortho intramolecular Hbond substituents is 1. The number of ether oxygens (including phenoxy) is 1. The SMILES string of the molecule is C=CCN1C(=O)c2oc3ccc(C)cc3c(=O)c2[C@H]1c1ccc(O)c(OC)c1. The van der Waals surface area contributed by atoms with Gasteiger partial charge in [0.1, 0.15) is 5.58 Å². The number of hydrogen-bond acceptors (Lipinski definition) is 5. The number of benzene rings is 2. The van der Waals surface area contributed by atoms with E-state index in [9.17, 15) is 14.7 Å².